The van der Waals surface area contributed by atoms with Gasteiger partial charge in [-0.2, -0.15) is 0 Å². The molecule has 0 heterocycles. The Hall–Kier alpha value is -1.80. The molecule has 0 aliphatic carbocycles. The third-order valence-corrected chi connectivity index (χ3v) is 3.38. The van der Waals surface area contributed by atoms with Crippen molar-refractivity contribution < 1.29 is 4.74 Å². The maximum Gasteiger partial charge on any atom is 0.131 e. The summed E-state index contributed by atoms with van der Waals surface area (Å²) in [5.74, 6) is 1.81. The first-order chi connectivity index (χ1) is 9.56. The molecule has 1 N–H and O–H groups in total. The highest BCUT2D eigenvalue weighted by Crippen LogP contribution is 2.26. The second kappa shape index (κ2) is 6.58. The van der Waals surface area contributed by atoms with E-state index in [1.165, 1.54) is 16.7 Å². The molecule has 0 aromatic heterocycles. The molecule has 0 spiro atoms. The molecule has 2 heteroatoms. The number of ether oxygens (including phenoxy) is 1. The summed E-state index contributed by atoms with van der Waals surface area (Å²) in [6.45, 7) is 9.33. The van der Waals surface area contributed by atoms with Crippen LogP contribution in [0, 0.1) is 13.8 Å². The topological polar surface area (TPSA) is 21.3 Å². The van der Waals surface area contributed by atoms with Crippen molar-refractivity contribution in [3.8, 4) is 11.5 Å². The number of nitrogens with one attached hydrogen (secondary N) is 1. The molecule has 0 saturated carbocycles. The summed E-state index contributed by atoms with van der Waals surface area (Å²) in [4.78, 5) is 0. The molecular formula is C18H23NO. The first-order valence-corrected chi connectivity index (χ1v) is 7.12. The van der Waals surface area contributed by atoms with Crippen LogP contribution >= 0.6 is 0 Å². The van der Waals surface area contributed by atoms with Gasteiger partial charge in [-0.15, -0.1) is 0 Å². The normalized spacial score (nSPS) is 10.8. The number of rotatable bonds is 5. The van der Waals surface area contributed by atoms with Crippen LogP contribution in [0.1, 0.15) is 30.5 Å². The highest BCUT2D eigenvalue weighted by Gasteiger charge is 2.05. The van der Waals surface area contributed by atoms with Gasteiger partial charge in [0.05, 0.1) is 0 Å². The summed E-state index contributed by atoms with van der Waals surface area (Å²) < 4.78 is 6.04. The minimum Gasteiger partial charge on any atom is -0.457 e. The third-order valence-electron chi connectivity index (χ3n) is 3.38. The molecule has 2 aromatic carbocycles. The second-order valence-electron chi connectivity index (χ2n) is 5.49. The Morgan fingerprint density at radius 3 is 2.45 bits per heavy atom. The van der Waals surface area contributed by atoms with Crippen molar-refractivity contribution in [2.24, 2.45) is 0 Å². The van der Waals surface area contributed by atoms with Crippen molar-refractivity contribution in [2.75, 3.05) is 0 Å². The minimum atomic E-state index is 0.463. The van der Waals surface area contributed by atoms with Crippen LogP contribution in [0.5, 0.6) is 11.5 Å². The Kier molecular flexibility index (Phi) is 4.80. The maximum atomic E-state index is 6.04. The second-order valence-corrected chi connectivity index (χ2v) is 5.49. The molecule has 0 radical (unpaired) electrons. The lowest BCUT2D eigenvalue weighted by Gasteiger charge is -2.14. The first-order valence-electron chi connectivity index (χ1n) is 7.12. The predicted molar refractivity (Wildman–Crippen MR) is 84.4 cm³/mol. The fourth-order valence-corrected chi connectivity index (χ4v) is 1.97. The fourth-order valence-electron chi connectivity index (χ4n) is 1.97. The Morgan fingerprint density at radius 1 is 1.00 bits per heavy atom. The van der Waals surface area contributed by atoms with E-state index in [0.717, 1.165) is 18.0 Å². The average molecular weight is 269 g/mol. The summed E-state index contributed by atoms with van der Waals surface area (Å²) in [7, 11) is 0. The van der Waals surface area contributed by atoms with Gasteiger partial charge in [0.1, 0.15) is 11.5 Å². The zero-order valence-corrected chi connectivity index (χ0v) is 12.7. The van der Waals surface area contributed by atoms with E-state index in [1.54, 1.807) is 0 Å². The van der Waals surface area contributed by atoms with Crippen molar-refractivity contribution in [3.05, 3.63) is 59.2 Å². The van der Waals surface area contributed by atoms with Crippen LogP contribution in [0.2, 0.25) is 0 Å². The van der Waals surface area contributed by atoms with Gasteiger partial charge in [0.25, 0.3) is 0 Å². The molecule has 2 rings (SSSR count). The van der Waals surface area contributed by atoms with Gasteiger partial charge in [0.15, 0.2) is 0 Å². The summed E-state index contributed by atoms with van der Waals surface area (Å²) in [5.41, 5.74) is 3.71. The zero-order valence-electron chi connectivity index (χ0n) is 12.7. The third kappa shape index (κ3) is 3.84. The standard InChI is InChI=1S/C18H23NO/c1-13(2)19-12-16-7-5-6-8-18(16)20-17-10-9-14(3)15(4)11-17/h5-11,13,19H,12H2,1-4H3. The van der Waals surface area contributed by atoms with Gasteiger partial charge in [-0.3, -0.25) is 0 Å². The smallest absolute Gasteiger partial charge is 0.131 e. The fraction of sp³-hybridized carbons (Fsp3) is 0.333. The maximum absolute atomic E-state index is 6.04. The molecule has 0 aliphatic rings. The summed E-state index contributed by atoms with van der Waals surface area (Å²) in [6.07, 6.45) is 0. The Bertz CT molecular complexity index is 575. The Balaban J connectivity index is 2.17. The number of para-hydroxylation sites is 1. The first kappa shape index (κ1) is 14.6. The molecule has 0 fully saturated rings. The van der Waals surface area contributed by atoms with Crippen LogP contribution in [0.15, 0.2) is 42.5 Å². The number of benzene rings is 2. The summed E-state index contributed by atoms with van der Waals surface area (Å²) in [6, 6.07) is 14.8. The van der Waals surface area contributed by atoms with Gasteiger partial charge in [0.2, 0.25) is 0 Å². The van der Waals surface area contributed by atoms with Gasteiger partial charge < -0.3 is 10.1 Å². The highest BCUT2D eigenvalue weighted by molar-refractivity contribution is 5.40. The van der Waals surface area contributed by atoms with Gasteiger partial charge in [-0.05, 0) is 43.2 Å². The van der Waals surface area contributed by atoms with Crippen LogP contribution in [-0.2, 0) is 6.54 Å². The van der Waals surface area contributed by atoms with Crippen molar-refractivity contribution in [2.45, 2.75) is 40.3 Å². The Labute approximate surface area is 121 Å². The minimum absolute atomic E-state index is 0.463. The van der Waals surface area contributed by atoms with E-state index in [0.29, 0.717) is 6.04 Å². The van der Waals surface area contributed by atoms with Crippen LogP contribution in [0.4, 0.5) is 0 Å². The van der Waals surface area contributed by atoms with E-state index in [-0.39, 0.29) is 0 Å². The SMILES string of the molecule is Cc1ccc(Oc2ccccc2CNC(C)C)cc1C. The monoisotopic (exact) mass is 269 g/mol. The van der Waals surface area contributed by atoms with Crippen LogP contribution < -0.4 is 10.1 Å². The molecule has 106 valence electrons. The van der Waals surface area contributed by atoms with Crippen LogP contribution in [0.25, 0.3) is 0 Å². The van der Waals surface area contributed by atoms with Gasteiger partial charge in [0, 0.05) is 18.2 Å². The lowest BCUT2D eigenvalue weighted by molar-refractivity contribution is 0.469. The van der Waals surface area contributed by atoms with Crippen molar-refractivity contribution >= 4 is 0 Å². The molecule has 0 atom stereocenters. The number of hydrogen-bond acceptors (Lipinski definition) is 2. The Morgan fingerprint density at radius 2 is 1.75 bits per heavy atom. The van der Waals surface area contributed by atoms with Gasteiger partial charge in [-0.1, -0.05) is 38.1 Å². The average Bonchev–Trinajstić information content (AvgIpc) is 2.42. The lowest BCUT2D eigenvalue weighted by Crippen LogP contribution is -2.22. The van der Waals surface area contributed by atoms with E-state index in [9.17, 15) is 0 Å². The van der Waals surface area contributed by atoms with E-state index >= 15 is 0 Å². The van der Waals surface area contributed by atoms with Gasteiger partial charge in [-0.25, -0.2) is 0 Å². The predicted octanol–water partition coefficient (Wildman–Crippen LogP) is 4.59. The molecule has 2 aromatic rings. The molecular weight excluding hydrogens is 246 g/mol. The molecule has 0 aliphatic heterocycles. The largest absolute Gasteiger partial charge is 0.457 e. The number of hydrogen-bond donors (Lipinski definition) is 1. The van der Waals surface area contributed by atoms with E-state index in [1.807, 2.05) is 24.3 Å². The summed E-state index contributed by atoms with van der Waals surface area (Å²) >= 11 is 0. The van der Waals surface area contributed by atoms with E-state index in [2.05, 4.69) is 51.2 Å². The van der Waals surface area contributed by atoms with Crippen molar-refractivity contribution in [1.82, 2.24) is 5.32 Å². The quantitative estimate of drug-likeness (QED) is 0.857. The number of aryl methyl sites for hydroxylation is 2. The van der Waals surface area contributed by atoms with Crippen molar-refractivity contribution in [1.29, 1.82) is 0 Å². The highest BCUT2D eigenvalue weighted by atomic mass is 16.5. The van der Waals surface area contributed by atoms with Crippen LogP contribution in [-0.4, -0.2) is 6.04 Å². The zero-order chi connectivity index (χ0) is 14.5. The van der Waals surface area contributed by atoms with E-state index < -0.39 is 0 Å². The molecule has 20 heavy (non-hydrogen) atoms. The molecule has 0 bridgehead atoms. The van der Waals surface area contributed by atoms with Crippen molar-refractivity contribution in [3.63, 3.8) is 0 Å². The summed E-state index contributed by atoms with van der Waals surface area (Å²) in [5, 5.41) is 3.43. The van der Waals surface area contributed by atoms with E-state index in [4.69, 9.17) is 4.74 Å². The lowest BCUT2D eigenvalue weighted by atomic mass is 10.1. The van der Waals surface area contributed by atoms with Gasteiger partial charge >= 0.3 is 0 Å². The molecule has 0 saturated heterocycles. The molecule has 0 amide bonds. The van der Waals surface area contributed by atoms with Crippen LogP contribution in [0.3, 0.4) is 0 Å². The molecule has 2 nitrogen and oxygen atoms in total. The molecule has 0 unspecified atom stereocenters.